The monoisotopic (exact) mass is 272 g/mol. The summed E-state index contributed by atoms with van der Waals surface area (Å²) < 4.78 is 0. The van der Waals surface area contributed by atoms with Crippen molar-refractivity contribution in [2.75, 3.05) is 0 Å². The molecule has 0 aliphatic heterocycles. The van der Waals surface area contributed by atoms with Crippen molar-refractivity contribution in [3.8, 4) is 0 Å². The number of allylic oxidation sites excluding steroid dienone is 1. The molecular formula is C21H20. The van der Waals surface area contributed by atoms with E-state index in [0.717, 1.165) is 6.42 Å². The Labute approximate surface area is 126 Å². The molecule has 0 heteroatoms. The zero-order chi connectivity index (χ0) is 14.2. The molecule has 0 unspecified atom stereocenters. The van der Waals surface area contributed by atoms with Crippen molar-refractivity contribution < 1.29 is 0 Å². The van der Waals surface area contributed by atoms with Gasteiger partial charge in [0.15, 0.2) is 0 Å². The summed E-state index contributed by atoms with van der Waals surface area (Å²) in [6, 6.07) is 16.0. The first-order valence-corrected chi connectivity index (χ1v) is 7.94. The highest BCUT2D eigenvalue weighted by Gasteiger charge is 2.13. The van der Waals surface area contributed by atoms with Crippen LogP contribution in [0.1, 0.15) is 29.5 Å². The average molecular weight is 272 g/mol. The quantitative estimate of drug-likeness (QED) is 0.421. The molecule has 0 N–H and O–H groups in total. The first-order chi connectivity index (χ1) is 10.4. The second kappa shape index (κ2) is 5.04. The molecule has 1 aliphatic rings. The summed E-state index contributed by atoms with van der Waals surface area (Å²) in [6.45, 7) is 3.88. The Bertz CT molecular complexity index is 839. The van der Waals surface area contributed by atoms with Crippen molar-refractivity contribution >= 4 is 21.5 Å². The molecule has 0 aromatic heterocycles. The molecule has 1 aliphatic carbocycles. The van der Waals surface area contributed by atoms with Crippen LogP contribution in [0, 0.1) is 0 Å². The summed E-state index contributed by atoms with van der Waals surface area (Å²) in [5.41, 5.74) is 4.53. The van der Waals surface area contributed by atoms with E-state index in [1.807, 2.05) is 6.08 Å². The van der Waals surface area contributed by atoms with E-state index in [4.69, 9.17) is 0 Å². The minimum absolute atomic E-state index is 0.938. The van der Waals surface area contributed by atoms with Gasteiger partial charge in [-0.1, -0.05) is 48.5 Å². The number of hydrogen-bond donors (Lipinski definition) is 0. The predicted octanol–water partition coefficient (Wildman–Crippen LogP) is 5.60. The van der Waals surface area contributed by atoms with E-state index >= 15 is 0 Å². The summed E-state index contributed by atoms with van der Waals surface area (Å²) in [6.07, 6.45) is 8.10. The molecule has 0 fully saturated rings. The van der Waals surface area contributed by atoms with Gasteiger partial charge in [0.1, 0.15) is 0 Å². The topological polar surface area (TPSA) is 0 Å². The second-order valence-electron chi connectivity index (χ2n) is 6.08. The molecule has 0 atom stereocenters. The van der Waals surface area contributed by atoms with Gasteiger partial charge in [0.05, 0.1) is 0 Å². The number of aryl methyl sites for hydroxylation is 2. The van der Waals surface area contributed by atoms with Crippen LogP contribution in [0.25, 0.3) is 21.5 Å². The van der Waals surface area contributed by atoms with Crippen molar-refractivity contribution in [3.63, 3.8) is 0 Å². The van der Waals surface area contributed by atoms with Crippen molar-refractivity contribution in [1.82, 2.24) is 0 Å². The van der Waals surface area contributed by atoms with E-state index < -0.39 is 0 Å². The van der Waals surface area contributed by atoms with Crippen LogP contribution in [-0.2, 0) is 19.3 Å². The maximum Gasteiger partial charge on any atom is -0.00940 e. The average Bonchev–Trinajstić information content (AvgIpc) is 2.55. The number of benzene rings is 3. The van der Waals surface area contributed by atoms with E-state index in [-0.39, 0.29) is 0 Å². The summed E-state index contributed by atoms with van der Waals surface area (Å²) in [5, 5.41) is 5.65. The largest absolute Gasteiger partial charge is 0.103 e. The number of hydrogen-bond acceptors (Lipinski definition) is 0. The second-order valence-corrected chi connectivity index (χ2v) is 6.08. The molecule has 0 amide bonds. The lowest BCUT2D eigenvalue weighted by atomic mass is 9.86. The molecule has 0 heterocycles. The molecule has 0 spiro atoms. The fourth-order valence-corrected chi connectivity index (χ4v) is 3.83. The van der Waals surface area contributed by atoms with Gasteiger partial charge in [-0.15, -0.1) is 6.58 Å². The molecule has 3 aromatic rings. The molecule has 0 saturated carbocycles. The van der Waals surface area contributed by atoms with Gasteiger partial charge in [0.25, 0.3) is 0 Å². The Morgan fingerprint density at radius 3 is 2.48 bits per heavy atom. The van der Waals surface area contributed by atoms with Gasteiger partial charge < -0.3 is 0 Å². The van der Waals surface area contributed by atoms with Crippen LogP contribution < -0.4 is 0 Å². The third-order valence-corrected chi connectivity index (χ3v) is 4.84. The van der Waals surface area contributed by atoms with E-state index in [1.54, 1.807) is 11.1 Å². The smallest absolute Gasteiger partial charge is 0.00940 e. The molecule has 4 rings (SSSR count). The normalized spacial score (nSPS) is 14.3. The SMILES string of the molecule is C=CCc1cccc2c1ccc1c3c(ccc12)CCCC3. The van der Waals surface area contributed by atoms with E-state index in [0.29, 0.717) is 0 Å². The third kappa shape index (κ3) is 1.98. The highest BCUT2D eigenvalue weighted by Crippen LogP contribution is 2.34. The van der Waals surface area contributed by atoms with Crippen molar-refractivity contribution in [2.24, 2.45) is 0 Å². The zero-order valence-electron chi connectivity index (χ0n) is 12.4. The lowest BCUT2D eigenvalue weighted by Crippen LogP contribution is -2.03. The van der Waals surface area contributed by atoms with Gasteiger partial charge in [-0.2, -0.15) is 0 Å². The first-order valence-electron chi connectivity index (χ1n) is 7.94. The maximum absolute atomic E-state index is 3.88. The van der Waals surface area contributed by atoms with Crippen LogP contribution >= 0.6 is 0 Å². The van der Waals surface area contributed by atoms with Gasteiger partial charge >= 0.3 is 0 Å². The standard InChI is InChI=1S/C21H20/c1-2-6-15-8-5-10-19-18(15)13-14-20-17-9-4-3-7-16(17)11-12-21(19)20/h2,5,8,10-14H,1,3-4,6-7,9H2. The lowest BCUT2D eigenvalue weighted by molar-refractivity contribution is 0.690. The fraction of sp³-hybridized carbons (Fsp3) is 0.238. The Balaban J connectivity index is 2.06. The Morgan fingerprint density at radius 2 is 1.57 bits per heavy atom. The minimum atomic E-state index is 0.938. The van der Waals surface area contributed by atoms with Crippen molar-refractivity contribution in [1.29, 1.82) is 0 Å². The van der Waals surface area contributed by atoms with Crippen LogP contribution in [0.4, 0.5) is 0 Å². The zero-order valence-corrected chi connectivity index (χ0v) is 12.4. The molecule has 0 saturated heterocycles. The Morgan fingerprint density at radius 1 is 0.810 bits per heavy atom. The molecular weight excluding hydrogens is 252 g/mol. The lowest BCUT2D eigenvalue weighted by Gasteiger charge is -2.19. The minimum Gasteiger partial charge on any atom is -0.103 e. The summed E-state index contributed by atoms with van der Waals surface area (Å²) >= 11 is 0. The van der Waals surface area contributed by atoms with Crippen molar-refractivity contribution in [3.05, 3.63) is 71.8 Å². The molecule has 0 bridgehead atoms. The van der Waals surface area contributed by atoms with E-state index in [9.17, 15) is 0 Å². The van der Waals surface area contributed by atoms with E-state index in [1.165, 1.54) is 52.8 Å². The van der Waals surface area contributed by atoms with Crippen LogP contribution in [0.15, 0.2) is 55.1 Å². The van der Waals surface area contributed by atoms with Gasteiger partial charge in [0.2, 0.25) is 0 Å². The van der Waals surface area contributed by atoms with Crippen LogP contribution in [0.3, 0.4) is 0 Å². The summed E-state index contributed by atoms with van der Waals surface area (Å²) in [5.74, 6) is 0. The Kier molecular flexibility index (Phi) is 3.03. The van der Waals surface area contributed by atoms with Crippen LogP contribution in [-0.4, -0.2) is 0 Å². The van der Waals surface area contributed by atoms with Gasteiger partial charge in [-0.3, -0.25) is 0 Å². The van der Waals surface area contributed by atoms with E-state index in [2.05, 4.69) is 49.0 Å². The molecule has 0 radical (unpaired) electrons. The first kappa shape index (κ1) is 12.6. The third-order valence-electron chi connectivity index (χ3n) is 4.84. The highest BCUT2D eigenvalue weighted by molar-refractivity contribution is 6.09. The summed E-state index contributed by atoms with van der Waals surface area (Å²) in [7, 11) is 0. The number of rotatable bonds is 2. The van der Waals surface area contributed by atoms with Gasteiger partial charge in [-0.25, -0.2) is 0 Å². The molecule has 104 valence electrons. The fourth-order valence-electron chi connectivity index (χ4n) is 3.83. The Hall–Kier alpha value is -2.08. The number of fused-ring (bicyclic) bond motifs is 5. The van der Waals surface area contributed by atoms with Crippen LogP contribution in [0.5, 0.6) is 0 Å². The predicted molar refractivity (Wildman–Crippen MR) is 92.0 cm³/mol. The molecule has 0 nitrogen and oxygen atoms in total. The maximum atomic E-state index is 3.88. The summed E-state index contributed by atoms with van der Waals surface area (Å²) in [4.78, 5) is 0. The molecule has 3 aromatic carbocycles. The van der Waals surface area contributed by atoms with Gasteiger partial charge in [-0.05, 0) is 70.3 Å². The van der Waals surface area contributed by atoms with Gasteiger partial charge in [0, 0.05) is 0 Å². The van der Waals surface area contributed by atoms with Crippen molar-refractivity contribution in [2.45, 2.75) is 32.1 Å². The van der Waals surface area contributed by atoms with Crippen LogP contribution in [0.2, 0.25) is 0 Å². The molecule has 21 heavy (non-hydrogen) atoms. The highest BCUT2D eigenvalue weighted by atomic mass is 14.2.